The molecular weight excluding hydrogens is 208 g/mol. The molecule has 1 aliphatic heterocycles. The van der Waals surface area contributed by atoms with Gasteiger partial charge in [-0.3, -0.25) is 0 Å². The van der Waals surface area contributed by atoms with E-state index in [0.29, 0.717) is 6.01 Å². The lowest BCUT2D eigenvalue weighted by Gasteiger charge is -2.22. The molecule has 2 heterocycles. The van der Waals surface area contributed by atoms with Gasteiger partial charge in [0.25, 0.3) is 6.01 Å². The van der Waals surface area contributed by atoms with Crippen LogP contribution in [0.4, 0.5) is 6.01 Å². The van der Waals surface area contributed by atoms with E-state index in [1.807, 2.05) is 4.90 Å². The monoisotopic (exact) mass is 224 g/mol. The van der Waals surface area contributed by atoms with Crippen LogP contribution in [0, 0.1) is 0 Å². The van der Waals surface area contributed by atoms with Gasteiger partial charge in [-0.25, -0.2) is 4.79 Å². The second-order valence-electron chi connectivity index (χ2n) is 4.08. The topological polar surface area (TPSA) is 66.6 Å². The number of hydrogen-bond acceptors (Lipinski definition) is 4. The van der Waals surface area contributed by atoms with Gasteiger partial charge in [-0.2, -0.15) is 4.98 Å². The van der Waals surface area contributed by atoms with Crippen LogP contribution in [-0.2, 0) is 0 Å². The summed E-state index contributed by atoms with van der Waals surface area (Å²) in [6, 6.07) is 0.444. The lowest BCUT2D eigenvalue weighted by molar-refractivity contribution is 0.0690. The average molecular weight is 224 g/mol. The van der Waals surface area contributed by atoms with Gasteiger partial charge in [-0.05, 0) is 12.8 Å². The molecule has 1 N–H and O–H groups in total. The van der Waals surface area contributed by atoms with Crippen LogP contribution in [0.3, 0.4) is 0 Å². The van der Waals surface area contributed by atoms with E-state index in [1.54, 1.807) is 0 Å². The number of hydrogen-bond donors (Lipinski definition) is 1. The third kappa shape index (κ3) is 2.53. The summed E-state index contributed by atoms with van der Waals surface area (Å²) in [5, 5.41) is 8.76. The van der Waals surface area contributed by atoms with E-state index in [9.17, 15) is 4.79 Å². The highest BCUT2D eigenvalue weighted by Gasteiger charge is 2.16. The van der Waals surface area contributed by atoms with Crippen molar-refractivity contribution in [1.82, 2.24) is 4.98 Å². The summed E-state index contributed by atoms with van der Waals surface area (Å²) in [6.45, 7) is 1.80. The molecule has 1 aromatic heterocycles. The first-order valence-corrected chi connectivity index (χ1v) is 5.71. The minimum atomic E-state index is -1.04. The molecule has 1 aromatic rings. The maximum Gasteiger partial charge on any atom is 0.357 e. The number of nitrogens with zero attached hydrogens (tertiary/aromatic N) is 2. The average Bonchev–Trinajstić information content (AvgIpc) is 2.66. The number of rotatable bonds is 2. The largest absolute Gasteiger partial charge is 0.476 e. The molecule has 16 heavy (non-hydrogen) atoms. The summed E-state index contributed by atoms with van der Waals surface area (Å²) in [7, 11) is 0. The molecule has 0 atom stereocenters. The summed E-state index contributed by atoms with van der Waals surface area (Å²) < 4.78 is 5.20. The van der Waals surface area contributed by atoms with Gasteiger partial charge in [0.1, 0.15) is 6.26 Å². The number of aromatic nitrogens is 1. The Morgan fingerprint density at radius 2 is 1.88 bits per heavy atom. The van der Waals surface area contributed by atoms with Crippen LogP contribution in [-0.4, -0.2) is 29.1 Å². The van der Waals surface area contributed by atoms with Crippen LogP contribution in [0.15, 0.2) is 10.7 Å². The van der Waals surface area contributed by atoms with Crippen molar-refractivity contribution in [2.45, 2.75) is 32.1 Å². The number of carbonyl (C=O) groups is 1. The quantitative estimate of drug-likeness (QED) is 0.833. The van der Waals surface area contributed by atoms with E-state index in [1.165, 1.54) is 25.5 Å². The number of anilines is 1. The van der Waals surface area contributed by atoms with Crippen LogP contribution in [0.25, 0.3) is 0 Å². The van der Waals surface area contributed by atoms with Crippen molar-refractivity contribution in [2.75, 3.05) is 18.0 Å². The SMILES string of the molecule is O=C(O)c1coc(N2CCCCCCC2)n1. The van der Waals surface area contributed by atoms with Crippen molar-refractivity contribution in [3.05, 3.63) is 12.0 Å². The molecule has 0 aliphatic carbocycles. The third-order valence-corrected chi connectivity index (χ3v) is 2.84. The highest BCUT2D eigenvalue weighted by Crippen LogP contribution is 2.18. The van der Waals surface area contributed by atoms with Gasteiger partial charge in [0, 0.05) is 13.1 Å². The molecule has 0 unspecified atom stereocenters. The van der Waals surface area contributed by atoms with Gasteiger partial charge in [-0.15, -0.1) is 0 Å². The first kappa shape index (κ1) is 11.0. The van der Waals surface area contributed by atoms with E-state index in [4.69, 9.17) is 9.52 Å². The van der Waals surface area contributed by atoms with Crippen LogP contribution in [0.2, 0.25) is 0 Å². The minimum Gasteiger partial charge on any atom is -0.476 e. The van der Waals surface area contributed by atoms with E-state index in [-0.39, 0.29) is 5.69 Å². The summed E-state index contributed by atoms with van der Waals surface area (Å²) in [6.07, 6.45) is 7.18. The molecule has 5 nitrogen and oxygen atoms in total. The smallest absolute Gasteiger partial charge is 0.357 e. The maximum atomic E-state index is 10.7. The second kappa shape index (κ2) is 5.01. The molecule has 0 amide bonds. The van der Waals surface area contributed by atoms with Gasteiger partial charge < -0.3 is 14.4 Å². The predicted octanol–water partition coefficient (Wildman–Crippen LogP) is 2.14. The predicted molar refractivity (Wildman–Crippen MR) is 58.8 cm³/mol. The minimum absolute atomic E-state index is 0.0166. The molecule has 1 saturated heterocycles. The van der Waals surface area contributed by atoms with E-state index >= 15 is 0 Å². The molecule has 1 aliphatic rings. The van der Waals surface area contributed by atoms with Gasteiger partial charge in [0.05, 0.1) is 0 Å². The fourth-order valence-electron chi connectivity index (χ4n) is 1.95. The summed E-state index contributed by atoms with van der Waals surface area (Å²) in [5.74, 6) is -1.04. The molecule has 0 saturated carbocycles. The maximum absolute atomic E-state index is 10.7. The van der Waals surface area contributed by atoms with Crippen molar-refractivity contribution >= 4 is 12.0 Å². The van der Waals surface area contributed by atoms with Crippen LogP contribution >= 0.6 is 0 Å². The van der Waals surface area contributed by atoms with Gasteiger partial charge in [0.15, 0.2) is 5.69 Å². The first-order valence-electron chi connectivity index (χ1n) is 5.71. The molecule has 88 valence electrons. The molecule has 1 fully saturated rings. The molecule has 5 heteroatoms. The fourth-order valence-corrected chi connectivity index (χ4v) is 1.95. The molecule has 0 spiro atoms. The molecular formula is C11H16N2O3. The Labute approximate surface area is 94.1 Å². The zero-order chi connectivity index (χ0) is 11.4. The standard InChI is InChI=1S/C11H16N2O3/c14-10(15)9-8-16-11(12-9)13-6-4-2-1-3-5-7-13/h8H,1-7H2,(H,14,15). The summed E-state index contributed by atoms with van der Waals surface area (Å²) >= 11 is 0. The van der Waals surface area contributed by atoms with Crippen LogP contribution in [0.1, 0.15) is 42.6 Å². The van der Waals surface area contributed by atoms with Crippen LogP contribution in [0.5, 0.6) is 0 Å². The van der Waals surface area contributed by atoms with Gasteiger partial charge >= 0.3 is 5.97 Å². The lowest BCUT2D eigenvalue weighted by Crippen LogP contribution is -2.27. The Hall–Kier alpha value is -1.52. The Bertz CT molecular complexity index is 354. The van der Waals surface area contributed by atoms with E-state index < -0.39 is 5.97 Å². The Morgan fingerprint density at radius 3 is 2.44 bits per heavy atom. The second-order valence-corrected chi connectivity index (χ2v) is 4.08. The first-order chi connectivity index (χ1) is 7.77. The Morgan fingerprint density at radius 1 is 1.25 bits per heavy atom. The van der Waals surface area contributed by atoms with Gasteiger partial charge in [-0.1, -0.05) is 19.3 Å². The van der Waals surface area contributed by atoms with Crippen molar-refractivity contribution < 1.29 is 14.3 Å². The third-order valence-electron chi connectivity index (χ3n) is 2.84. The zero-order valence-corrected chi connectivity index (χ0v) is 9.19. The molecule has 0 aromatic carbocycles. The number of oxazole rings is 1. The van der Waals surface area contributed by atoms with Crippen molar-refractivity contribution in [3.63, 3.8) is 0 Å². The molecule has 2 rings (SSSR count). The highest BCUT2D eigenvalue weighted by atomic mass is 16.4. The van der Waals surface area contributed by atoms with E-state index in [0.717, 1.165) is 25.9 Å². The number of aromatic carboxylic acids is 1. The van der Waals surface area contributed by atoms with Crippen LogP contribution < -0.4 is 4.90 Å². The van der Waals surface area contributed by atoms with Crippen molar-refractivity contribution in [1.29, 1.82) is 0 Å². The highest BCUT2D eigenvalue weighted by molar-refractivity contribution is 5.85. The fraction of sp³-hybridized carbons (Fsp3) is 0.636. The Balaban J connectivity index is 2.05. The molecule has 0 radical (unpaired) electrons. The molecule has 0 bridgehead atoms. The van der Waals surface area contributed by atoms with E-state index in [2.05, 4.69) is 4.98 Å². The number of carboxylic acid groups (broad SMARTS) is 1. The van der Waals surface area contributed by atoms with Crippen molar-refractivity contribution in [2.24, 2.45) is 0 Å². The lowest BCUT2D eigenvalue weighted by atomic mass is 10.1. The Kier molecular flexibility index (Phi) is 3.44. The summed E-state index contributed by atoms with van der Waals surface area (Å²) in [4.78, 5) is 16.7. The normalized spacial score (nSPS) is 17.9. The summed E-state index contributed by atoms with van der Waals surface area (Å²) in [5.41, 5.74) is -0.0166. The van der Waals surface area contributed by atoms with Crippen molar-refractivity contribution in [3.8, 4) is 0 Å². The zero-order valence-electron chi connectivity index (χ0n) is 9.19. The number of carboxylic acids is 1. The van der Waals surface area contributed by atoms with Gasteiger partial charge in [0.2, 0.25) is 0 Å².